The van der Waals surface area contributed by atoms with Gasteiger partial charge in [0, 0.05) is 73.5 Å². The van der Waals surface area contributed by atoms with Crippen molar-refractivity contribution >= 4 is 35.6 Å². The summed E-state index contributed by atoms with van der Waals surface area (Å²) in [5, 5.41) is 12.3. The van der Waals surface area contributed by atoms with E-state index in [4.69, 9.17) is 28.4 Å². The van der Waals surface area contributed by atoms with Crippen LogP contribution in [-0.2, 0) is 57.2 Å². The molecule has 2 aliphatic heterocycles. The Labute approximate surface area is 291 Å². The fourth-order valence-electron chi connectivity index (χ4n) is 12.4. The zero-order valence-corrected chi connectivity index (χ0v) is 30.2. The van der Waals surface area contributed by atoms with E-state index in [2.05, 4.69) is 0 Å². The first kappa shape index (κ1) is 35.1. The molecule has 7 rings (SSSR count). The van der Waals surface area contributed by atoms with Gasteiger partial charge >= 0.3 is 29.8 Å². The van der Waals surface area contributed by atoms with Gasteiger partial charge < -0.3 is 33.5 Å². The molecule has 7 unspecified atom stereocenters. The highest BCUT2D eigenvalue weighted by Gasteiger charge is 2.83. The molecule has 13 nitrogen and oxygen atoms in total. The molecule has 6 fully saturated rings. The second kappa shape index (κ2) is 10.8. The van der Waals surface area contributed by atoms with Gasteiger partial charge in [-0.05, 0) is 38.2 Å². The van der Waals surface area contributed by atoms with Crippen molar-refractivity contribution in [2.75, 3.05) is 0 Å². The van der Waals surface area contributed by atoms with E-state index in [0.29, 0.717) is 5.76 Å². The third-order valence-corrected chi connectivity index (χ3v) is 14.5. The van der Waals surface area contributed by atoms with Crippen molar-refractivity contribution in [1.29, 1.82) is 0 Å². The van der Waals surface area contributed by atoms with E-state index in [1.807, 2.05) is 26.8 Å². The van der Waals surface area contributed by atoms with E-state index in [1.54, 1.807) is 20.8 Å². The van der Waals surface area contributed by atoms with Crippen molar-refractivity contribution < 1.29 is 62.3 Å². The van der Waals surface area contributed by atoms with Gasteiger partial charge in [-0.3, -0.25) is 28.8 Å². The molecular weight excluding hydrogens is 652 g/mol. The van der Waals surface area contributed by atoms with Crippen LogP contribution in [0.3, 0.4) is 0 Å². The highest BCUT2D eigenvalue weighted by atomic mass is 16.6. The van der Waals surface area contributed by atoms with E-state index >= 15 is 0 Å². The molecule has 2 saturated heterocycles. The summed E-state index contributed by atoms with van der Waals surface area (Å²) in [4.78, 5) is 80.1. The van der Waals surface area contributed by atoms with Gasteiger partial charge in [-0.1, -0.05) is 27.7 Å². The summed E-state index contributed by atoms with van der Waals surface area (Å²) in [5.41, 5.74) is -4.62. The summed E-state index contributed by atoms with van der Waals surface area (Å²) >= 11 is 0. The summed E-state index contributed by atoms with van der Waals surface area (Å²) < 4.78 is 36.7. The number of Topliss-reactive ketones (excluding diaryl/α,β-unsaturated/α-hetero) is 1. The minimum absolute atomic E-state index is 0.250. The zero-order valence-electron chi connectivity index (χ0n) is 30.2. The van der Waals surface area contributed by atoms with E-state index in [-0.39, 0.29) is 18.4 Å². The first-order chi connectivity index (χ1) is 23.1. The lowest BCUT2D eigenvalue weighted by Crippen LogP contribution is -2.74. The number of rotatable bonds is 4. The Kier molecular flexibility index (Phi) is 7.62. The Morgan fingerprint density at radius 2 is 1.30 bits per heavy atom. The van der Waals surface area contributed by atoms with Gasteiger partial charge in [0.05, 0.1) is 11.5 Å². The topological polar surface area (TPSA) is 181 Å². The highest BCUT2D eigenvalue weighted by Crippen LogP contribution is 2.76. The molecule has 0 radical (unpaired) electrons. The first-order valence-electron chi connectivity index (χ1n) is 17.7. The molecule has 5 aliphatic carbocycles. The standard InChI is InChI=1S/C37H48O13/c1-13-11-20-37(10,34(6,7)33(44)50-20)25-22(13)36(9)23(29(25)45-14(2)38)21-24(30(46-15(3)39)32(36)48-17(5)41)35(8)18(26(42)27(21)43)12-19-28(49-19)31(35)47-16(4)40/h11,13,18-19,21-25,27-32,43H,12H2,1-10H3/t13?,18?,19-,21-,22?,23?,24?,25-,27+,28-,29?,30?,31-,32-,35-,36+,37-/m0/s1. The predicted molar refractivity (Wildman–Crippen MR) is 169 cm³/mol. The molecule has 13 heteroatoms. The number of esters is 5. The largest absolute Gasteiger partial charge is 0.462 e. The maximum atomic E-state index is 14.6. The SMILES string of the molecule is CC(=O)OC1C2[C@H]3C(C(OC(C)=O)[C@H](OC(C)=O)[C@]2(C)C2C(C)C=C4OC(=O)C(C)(C)[C@]4(C)[C@H]12)[C@]1(C)C(C[C@@H]2O[C@@H]2[C@@H]1OC(C)=O)C(=O)[C@@H]3O. The Morgan fingerprint density at radius 1 is 0.760 bits per heavy atom. The van der Waals surface area contributed by atoms with Crippen LogP contribution in [0.2, 0.25) is 0 Å². The minimum atomic E-state index is -1.62. The van der Waals surface area contributed by atoms with Crippen molar-refractivity contribution in [2.24, 2.45) is 63.1 Å². The summed E-state index contributed by atoms with van der Waals surface area (Å²) in [7, 11) is 0. The number of ketones is 1. The summed E-state index contributed by atoms with van der Waals surface area (Å²) in [6.07, 6.45) is -4.74. The third-order valence-electron chi connectivity index (χ3n) is 14.5. The lowest BCUT2D eigenvalue weighted by atomic mass is 9.41. The molecule has 274 valence electrons. The van der Waals surface area contributed by atoms with E-state index in [9.17, 15) is 33.9 Å². The van der Waals surface area contributed by atoms with Crippen molar-refractivity contribution in [3.8, 4) is 0 Å². The van der Waals surface area contributed by atoms with Crippen molar-refractivity contribution in [3.63, 3.8) is 0 Å². The molecule has 0 aromatic heterocycles. The maximum absolute atomic E-state index is 14.6. The number of aliphatic hydroxyl groups excluding tert-OH is 1. The average Bonchev–Trinajstić information content (AvgIpc) is 3.68. The minimum Gasteiger partial charge on any atom is -0.462 e. The smallest absolute Gasteiger partial charge is 0.317 e. The van der Waals surface area contributed by atoms with Gasteiger partial charge in [0.2, 0.25) is 0 Å². The Balaban J connectivity index is 1.53. The number of fused-ring (bicyclic) bond motifs is 10. The van der Waals surface area contributed by atoms with Crippen molar-refractivity contribution in [2.45, 2.75) is 118 Å². The van der Waals surface area contributed by atoms with Crippen LogP contribution in [0.4, 0.5) is 0 Å². The number of aliphatic hydroxyl groups is 1. The number of carbonyl (C=O) groups excluding carboxylic acids is 6. The molecule has 0 spiro atoms. The lowest BCUT2D eigenvalue weighted by Gasteiger charge is -2.65. The second-order valence-electron chi connectivity index (χ2n) is 17.0. The average molecular weight is 701 g/mol. The van der Waals surface area contributed by atoms with E-state index < -0.39 is 129 Å². The van der Waals surface area contributed by atoms with Crippen LogP contribution in [0.5, 0.6) is 0 Å². The van der Waals surface area contributed by atoms with Crippen LogP contribution in [0, 0.1) is 63.1 Å². The fraction of sp³-hybridized carbons (Fsp3) is 0.784. The van der Waals surface area contributed by atoms with Gasteiger partial charge in [-0.2, -0.15) is 0 Å². The Bertz CT molecular complexity index is 1620. The quantitative estimate of drug-likeness (QED) is 0.257. The molecule has 17 atom stereocenters. The summed E-state index contributed by atoms with van der Waals surface area (Å²) in [6.45, 7) is 16.2. The number of hydrogen-bond acceptors (Lipinski definition) is 13. The first-order valence-corrected chi connectivity index (χ1v) is 17.7. The van der Waals surface area contributed by atoms with Gasteiger partial charge in [0.15, 0.2) is 5.78 Å². The fourth-order valence-corrected chi connectivity index (χ4v) is 12.4. The van der Waals surface area contributed by atoms with Gasteiger partial charge in [-0.25, -0.2) is 0 Å². The molecule has 1 N–H and O–H groups in total. The molecule has 0 bridgehead atoms. The van der Waals surface area contributed by atoms with Gasteiger partial charge in [0.25, 0.3) is 0 Å². The number of carbonyl (C=O) groups is 6. The van der Waals surface area contributed by atoms with Crippen molar-refractivity contribution in [1.82, 2.24) is 0 Å². The Hall–Kier alpha value is -3.32. The molecule has 0 aromatic carbocycles. The summed E-state index contributed by atoms with van der Waals surface area (Å²) in [6, 6.07) is 0. The van der Waals surface area contributed by atoms with E-state index in [1.165, 1.54) is 27.7 Å². The zero-order chi connectivity index (χ0) is 36.8. The highest BCUT2D eigenvalue weighted by molar-refractivity contribution is 5.88. The lowest BCUT2D eigenvalue weighted by molar-refractivity contribution is -0.272. The van der Waals surface area contributed by atoms with Crippen LogP contribution >= 0.6 is 0 Å². The maximum Gasteiger partial charge on any atom is 0.317 e. The number of ether oxygens (including phenoxy) is 6. The molecule has 0 aromatic rings. The Morgan fingerprint density at radius 3 is 1.88 bits per heavy atom. The van der Waals surface area contributed by atoms with Crippen LogP contribution in [0.25, 0.3) is 0 Å². The molecule has 7 aliphatic rings. The molecule has 50 heavy (non-hydrogen) atoms. The monoisotopic (exact) mass is 700 g/mol. The third kappa shape index (κ3) is 4.25. The van der Waals surface area contributed by atoms with Crippen LogP contribution in [0.15, 0.2) is 11.8 Å². The van der Waals surface area contributed by atoms with E-state index in [0.717, 1.165) is 0 Å². The molecule has 4 saturated carbocycles. The summed E-state index contributed by atoms with van der Waals surface area (Å²) in [5.74, 6) is -8.18. The molecule has 0 amide bonds. The molecular formula is C37H48O13. The van der Waals surface area contributed by atoms with Crippen LogP contribution in [-0.4, -0.2) is 83.5 Å². The van der Waals surface area contributed by atoms with Crippen LogP contribution in [0.1, 0.15) is 75.7 Å². The second-order valence-corrected chi connectivity index (χ2v) is 17.0. The van der Waals surface area contributed by atoms with Gasteiger partial charge in [0.1, 0.15) is 42.4 Å². The molecule has 2 heterocycles. The number of allylic oxidation sites excluding steroid dienone is 2. The number of hydrogen-bond donors (Lipinski definition) is 1. The normalized spacial score (nSPS) is 50.4. The number of epoxide rings is 1. The van der Waals surface area contributed by atoms with Gasteiger partial charge in [-0.15, -0.1) is 0 Å². The predicted octanol–water partition coefficient (Wildman–Crippen LogP) is 2.69. The van der Waals surface area contributed by atoms with Crippen LogP contribution < -0.4 is 0 Å². The van der Waals surface area contributed by atoms with Crippen molar-refractivity contribution in [3.05, 3.63) is 11.8 Å².